The van der Waals surface area contributed by atoms with Crippen molar-refractivity contribution in [2.24, 2.45) is 0 Å². The molecule has 0 aliphatic carbocycles. The fourth-order valence-corrected chi connectivity index (χ4v) is 1.76. The quantitative estimate of drug-likeness (QED) is 0.615. The topological polar surface area (TPSA) is 57.1 Å². The van der Waals surface area contributed by atoms with Gasteiger partial charge in [-0.25, -0.2) is 0 Å². The number of rotatable bonds is 10. The van der Waals surface area contributed by atoms with Crippen LogP contribution in [0, 0.1) is 0 Å². The molecule has 0 spiro atoms. The minimum atomic E-state index is 0.0939. The van der Waals surface area contributed by atoms with Crippen LogP contribution in [0.2, 0.25) is 5.28 Å². The minimum Gasteiger partial charge on any atom is -0.464 e. The summed E-state index contributed by atoms with van der Waals surface area (Å²) in [6.07, 6.45) is 7.28. The van der Waals surface area contributed by atoms with E-state index >= 15 is 0 Å². The van der Waals surface area contributed by atoms with Crippen molar-refractivity contribution in [3.63, 3.8) is 0 Å². The van der Waals surface area contributed by atoms with E-state index in [9.17, 15) is 0 Å². The lowest BCUT2D eigenvalue weighted by Gasteiger charge is -2.06. The molecule has 108 valence electrons. The molecule has 0 aliphatic heterocycles. The first-order valence-electron chi connectivity index (χ1n) is 6.93. The van der Waals surface area contributed by atoms with Gasteiger partial charge >= 0.3 is 12.0 Å². The summed E-state index contributed by atoms with van der Waals surface area (Å²) < 4.78 is 10.6. The first-order valence-corrected chi connectivity index (χ1v) is 7.31. The second-order valence-electron chi connectivity index (χ2n) is 4.22. The third-order valence-electron chi connectivity index (χ3n) is 2.57. The van der Waals surface area contributed by atoms with E-state index in [-0.39, 0.29) is 17.3 Å². The molecule has 1 heterocycles. The largest absolute Gasteiger partial charge is 0.464 e. The molecule has 0 fully saturated rings. The Hall–Kier alpha value is -1.10. The standard InChI is InChI=1S/C13H22ClN3O2/c1-3-5-6-7-8-9-10-19-13-16-11(14)15-12(17-13)18-4-2/h3-10H2,1-2H3. The first-order chi connectivity index (χ1) is 9.26. The van der Waals surface area contributed by atoms with E-state index in [0.717, 1.165) is 12.8 Å². The smallest absolute Gasteiger partial charge is 0.323 e. The molecule has 0 atom stereocenters. The molecule has 0 saturated heterocycles. The van der Waals surface area contributed by atoms with E-state index < -0.39 is 0 Å². The van der Waals surface area contributed by atoms with Gasteiger partial charge in [0.15, 0.2) is 0 Å². The molecule has 0 amide bonds. The van der Waals surface area contributed by atoms with Crippen molar-refractivity contribution in [3.8, 4) is 12.0 Å². The van der Waals surface area contributed by atoms with Crippen LogP contribution in [0.15, 0.2) is 0 Å². The number of ether oxygens (including phenoxy) is 2. The van der Waals surface area contributed by atoms with E-state index in [1.165, 1.54) is 25.7 Å². The van der Waals surface area contributed by atoms with Crippen molar-refractivity contribution in [2.45, 2.75) is 52.4 Å². The average Bonchev–Trinajstić information content (AvgIpc) is 2.37. The van der Waals surface area contributed by atoms with E-state index in [0.29, 0.717) is 13.2 Å². The van der Waals surface area contributed by atoms with Gasteiger partial charge in [0.1, 0.15) is 0 Å². The average molecular weight is 288 g/mol. The zero-order valence-corrected chi connectivity index (χ0v) is 12.4. The Bertz CT molecular complexity index is 364. The summed E-state index contributed by atoms with van der Waals surface area (Å²) in [4.78, 5) is 11.8. The third kappa shape index (κ3) is 7.15. The van der Waals surface area contributed by atoms with E-state index in [2.05, 4.69) is 21.9 Å². The Labute approximate surface area is 119 Å². The van der Waals surface area contributed by atoms with Crippen LogP contribution in [0.4, 0.5) is 0 Å². The normalized spacial score (nSPS) is 10.5. The predicted octanol–water partition coefficient (Wildman–Crippen LogP) is 3.66. The third-order valence-corrected chi connectivity index (χ3v) is 2.74. The molecular formula is C13H22ClN3O2. The van der Waals surface area contributed by atoms with Gasteiger partial charge in [-0.05, 0) is 24.9 Å². The summed E-state index contributed by atoms with van der Waals surface area (Å²) in [7, 11) is 0. The summed E-state index contributed by atoms with van der Waals surface area (Å²) in [5, 5.41) is 0.0939. The number of hydrogen-bond acceptors (Lipinski definition) is 5. The van der Waals surface area contributed by atoms with Crippen molar-refractivity contribution in [1.82, 2.24) is 15.0 Å². The van der Waals surface area contributed by atoms with Crippen molar-refractivity contribution >= 4 is 11.6 Å². The summed E-state index contributed by atoms with van der Waals surface area (Å²) >= 11 is 5.76. The molecule has 0 radical (unpaired) electrons. The molecule has 19 heavy (non-hydrogen) atoms. The molecule has 1 rings (SSSR count). The number of halogens is 1. The van der Waals surface area contributed by atoms with Gasteiger partial charge in [0, 0.05) is 0 Å². The zero-order valence-electron chi connectivity index (χ0n) is 11.7. The van der Waals surface area contributed by atoms with Crippen LogP contribution in [0.25, 0.3) is 0 Å². The zero-order chi connectivity index (χ0) is 13.9. The molecule has 1 aromatic rings. The van der Waals surface area contributed by atoms with E-state index in [1.807, 2.05) is 6.92 Å². The van der Waals surface area contributed by atoms with Gasteiger partial charge in [-0.3, -0.25) is 0 Å². The van der Waals surface area contributed by atoms with Gasteiger partial charge in [0.05, 0.1) is 13.2 Å². The lowest BCUT2D eigenvalue weighted by molar-refractivity contribution is 0.262. The number of nitrogens with zero attached hydrogens (tertiary/aromatic N) is 3. The second kappa shape index (κ2) is 9.78. The van der Waals surface area contributed by atoms with E-state index in [4.69, 9.17) is 21.1 Å². The van der Waals surface area contributed by atoms with Gasteiger partial charge < -0.3 is 9.47 Å². The molecule has 0 aromatic carbocycles. The molecule has 0 aliphatic rings. The summed E-state index contributed by atoms with van der Waals surface area (Å²) in [6.45, 7) is 5.15. The maximum absolute atomic E-state index is 5.76. The minimum absolute atomic E-state index is 0.0939. The van der Waals surface area contributed by atoms with E-state index in [1.54, 1.807) is 0 Å². The van der Waals surface area contributed by atoms with Crippen LogP contribution in [-0.2, 0) is 0 Å². The highest BCUT2D eigenvalue weighted by Gasteiger charge is 2.06. The van der Waals surface area contributed by atoms with Gasteiger partial charge in [-0.1, -0.05) is 39.0 Å². The molecule has 0 N–H and O–H groups in total. The molecule has 0 bridgehead atoms. The highest BCUT2D eigenvalue weighted by Crippen LogP contribution is 2.13. The summed E-state index contributed by atoms with van der Waals surface area (Å²) in [6, 6.07) is 0.442. The van der Waals surface area contributed by atoms with Crippen molar-refractivity contribution in [3.05, 3.63) is 5.28 Å². The van der Waals surface area contributed by atoms with Gasteiger partial charge in [0.25, 0.3) is 0 Å². The predicted molar refractivity (Wildman–Crippen MR) is 74.9 cm³/mol. The number of unbranched alkanes of at least 4 members (excludes halogenated alkanes) is 5. The Kier molecular flexibility index (Phi) is 8.21. The maximum Gasteiger partial charge on any atom is 0.323 e. The Morgan fingerprint density at radius 2 is 1.47 bits per heavy atom. The molecule has 5 nitrogen and oxygen atoms in total. The Balaban J connectivity index is 2.25. The number of aromatic nitrogens is 3. The van der Waals surface area contributed by atoms with Gasteiger partial charge in [-0.15, -0.1) is 4.98 Å². The first kappa shape index (κ1) is 16.0. The Morgan fingerprint density at radius 3 is 2.16 bits per heavy atom. The lowest BCUT2D eigenvalue weighted by atomic mass is 10.1. The monoisotopic (exact) mass is 287 g/mol. The molecule has 1 aromatic heterocycles. The van der Waals surface area contributed by atoms with Crippen molar-refractivity contribution in [2.75, 3.05) is 13.2 Å². The van der Waals surface area contributed by atoms with Crippen LogP contribution in [-0.4, -0.2) is 28.2 Å². The molecule has 0 saturated carbocycles. The molecule has 0 unspecified atom stereocenters. The lowest BCUT2D eigenvalue weighted by Crippen LogP contribution is -2.05. The highest BCUT2D eigenvalue weighted by molar-refractivity contribution is 6.28. The Morgan fingerprint density at radius 1 is 0.842 bits per heavy atom. The van der Waals surface area contributed by atoms with Crippen molar-refractivity contribution < 1.29 is 9.47 Å². The van der Waals surface area contributed by atoms with Crippen LogP contribution < -0.4 is 9.47 Å². The SMILES string of the molecule is CCCCCCCCOc1nc(Cl)nc(OCC)n1. The molecule has 6 heteroatoms. The van der Waals surface area contributed by atoms with Gasteiger partial charge in [0.2, 0.25) is 5.28 Å². The summed E-state index contributed by atoms with van der Waals surface area (Å²) in [5.41, 5.74) is 0. The fourth-order valence-electron chi connectivity index (χ4n) is 1.62. The molecular weight excluding hydrogens is 266 g/mol. The maximum atomic E-state index is 5.76. The van der Waals surface area contributed by atoms with Crippen LogP contribution in [0.3, 0.4) is 0 Å². The fraction of sp³-hybridized carbons (Fsp3) is 0.769. The van der Waals surface area contributed by atoms with Crippen molar-refractivity contribution in [1.29, 1.82) is 0 Å². The second-order valence-corrected chi connectivity index (χ2v) is 4.56. The summed E-state index contributed by atoms with van der Waals surface area (Å²) in [5.74, 6) is 0. The number of hydrogen-bond donors (Lipinski definition) is 0. The van der Waals surface area contributed by atoms with Gasteiger partial charge in [-0.2, -0.15) is 9.97 Å². The highest BCUT2D eigenvalue weighted by atomic mass is 35.5. The van der Waals surface area contributed by atoms with Crippen LogP contribution >= 0.6 is 11.6 Å². The van der Waals surface area contributed by atoms with Crippen LogP contribution in [0.1, 0.15) is 52.4 Å². The van der Waals surface area contributed by atoms with Crippen LogP contribution in [0.5, 0.6) is 12.0 Å².